The Balaban J connectivity index is 2.02. The molecule has 0 unspecified atom stereocenters. The van der Waals surface area contributed by atoms with Gasteiger partial charge in [-0.25, -0.2) is 16.8 Å². The fraction of sp³-hybridized carbons (Fsp3) is 0.250. The number of benzene rings is 3. The maximum atomic E-state index is 13.2. The van der Waals surface area contributed by atoms with Crippen LogP contribution in [0, 0.1) is 41.5 Å². The Morgan fingerprint density at radius 2 is 0.812 bits per heavy atom. The maximum Gasteiger partial charge on any atom is 0.262 e. The molecule has 8 heteroatoms. The largest absolute Gasteiger partial charge is 0.277 e. The summed E-state index contributed by atoms with van der Waals surface area (Å²) in [4.78, 5) is 0.372. The summed E-state index contributed by atoms with van der Waals surface area (Å²) in [5.41, 5.74) is 4.73. The lowest BCUT2D eigenvalue weighted by Gasteiger charge is -2.18. The highest BCUT2D eigenvalue weighted by Gasteiger charge is 2.24. The molecule has 0 aromatic heterocycles. The van der Waals surface area contributed by atoms with Gasteiger partial charge < -0.3 is 0 Å². The average Bonchev–Trinajstić information content (AvgIpc) is 2.60. The van der Waals surface area contributed by atoms with Gasteiger partial charge in [0.15, 0.2) is 0 Å². The normalized spacial score (nSPS) is 11.9. The molecule has 0 aliphatic carbocycles. The van der Waals surface area contributed by atoms with E-state index in [4.69, 9.17) is 0 Å². The molecule has 0 spiro atoms. The standard InChI is InChI=1S/C24H28N2O4S2/c1-15-11-17(3)23(18(4)12-15)31(27,28)25-21-9-7-8-10-22(21)26-32(29,30)24-19(5)13-16(2)14-20(24)6/h7-14,25-26H,1-6H3. The predicted molar refractivity (Wildman–Crippen MR) is 129 cm³/mol. The molecule has 0 heterocycles. The monoisotopic (exact) mass is 472 g/mol. The molecule has 0 radical (unpaired) electrons. The Morgan fingerprint density at radius 3 is 1.09 bits per heavy atom. The second-order valence-electron chi connectivity index (χ2n) is 8.21. The predicted octanol–water partition coefficient (Wildman–Crippen LogP) is 5.14. The average molecular weight is 473 g/mol. The van der Waals surface area contributed by atoms with Gasteiger partial charge in [0.05, 0.1) is 21.2 Å². The van der Waals surface area contributed by atoms with Crippen LogP contribution in [0.4, 0.5) is 11.4 Å². The van der Waals surface area contributed by atoms with Crippen LogP contribution >= 0.6 is 0 Å². The molecular formula is C24H28N2O4S2. The van der Waals surface area contributed by atoms with Crippen molar-refractivity contribution in [2.24, 2.45) is 0 Å². The summed E-state index contributed by atoms with van der Waals surface area (Å²) in [7, 11) is -7.88. The van der Waals surface area contributed by atoms with Gasteiger partial charge in [-0.1, -0.05) is 47.5 Å². The van der Waals surface area contributed by atoms with E-state index in [-0.39, 0.29) is 21.2 Å². The summed E-state index contributed by atoms with van der Waals surface area (Å²) in [6.07, 6.45) is 0. The van der Waals surface area contributed by atoms with E-state index < -0.39 is 20.0 Å². The lowest BCUT2D eigenvalue weighted by atomic mass is 10.1. The second kappa shape index (κ2) is 8.60. The van der Waals surface area contributed by atoms with Gasteiger partial charge in [0, 0.05) is 0 Å². The number of sulfonamides is 2. The second-order valence-corrected chi connectivity index (χ2v) is 11.5. The molecular weight excluding hydrogens is 444 g/mol. The molecule has 170 valence electrons. The van der Waals surface area contributed by atoms with Gasteiger partial charge in [0.2, 0.25) is 0 Å². The van der Waals surface area contributed by atoms with Crippen LogP contribution < -0.4 is 9.44 Å². The van der Waals surface area contributed by atoms with Crippen LogP contribution in [-0.2, 0) is 20.0 Å². The van der Waals surface area contributed by atoms with Crippen molar-refractivity contribution in [1.82, 2.24) is 0 Å². The highest BCUT2D eigenvalue weighted by Crippen LogP contribution is 2.31. The van der Waals surface area contributed by atoms with Crippen LogP contribution in [0.5, 0.6) is 0 Å². The summed E-state index contributed by atoms with van der Waals surface area (Å²) >= 11 is 0. The first-order valence-corrected chi connectivity index (χ1v) is 13.1. The Bertz CT molecular complexity index is 1260. The van der Waals surface area contributed by atoms with Crippen LogP contribution in [0.1, 0.15) is 33.4 Å². The van der Waals surface area contributed by atoms with Crippen molar-refractivity contribution in [1.29, 1.82) is 0 Å². The molecule has 3 aromatic carbocycles. The summed E-state index contributed by atoms with van der Waals surface area (Å²) in [6.45, 7) is 10.8. The van der Waals surface area contributed by atoms with Gasteiger partial charge >= 0.3 is 0 Å². The first-order chi connectivity index (χ1) is 14.8. The van der Waals surface area contributed by atoms with Gasteiger partial charge in [0.1, 0.15) is 0 Å². The van der Waals surface area contributed by atoms with E-state index in [2.05, 4.69) is 9.44 Å². The van der Waals surface area contributed by atoms with Crippen molar-refractivity contribution >= 4 is 31.4 Å². The van der Waals surface area contributed by atoms with Crippen LogP contribution in [0.2, 0.25) is 0 Å². The number of nitrogens with one attached hydrogen (secondary N) is 2. The van der Waals surface area contributed by atoms with E-state index in [9.17, 15) is 16.8 Å². The minimum Gasteiger partial charge on any atom is -0.277 e. The molecule has 0 amide bonds. The van der Waals surface area contributed by atoms with Crippen molar-refractivity contribution in [3.8, 4) is 0 Å². The molecule has 0 atom stereocenters. The smallest absolute Gasteiger partial charge is 0.262 e. The Labute approximate surface area is 190 Å². The molecule has 0 fully saturated rings. The maximum absolute atomic E-state index is 13.2. The van der Waals surface area contributed by atoms with Gasteiger partial charge in [0.25, 0.3) is 20.0 Å². The van der Waals surface area contributed by atoms with Gasteiger partial charge in [-0.3, -0.25) is 9.44 Å². The molecule has 0 saturated heterocycles. The van der Waals surface area contributed by atoms with Crippen LogP contribution in [-0.4, -0.2) is 16.8 Å². The summed E-state index contributed by atoms with van der Waals surface area (Å²) in [6, 6.07) is 13.6. The van der Waals surface area contributed by atoms with Crippen molar-refractivity contribution in [3.05, 3.63) is 81.9 Å². The molecule has 6 nitrogen and oxygen atoms in total. The van der Waals surface area contributed by atoms with Gasteiger partial charge in [-0.2, -0.15) is 0 Å². The molecule has 0 aliphatic heterocycles. The van der Waals surface area contributed by atoms with E-state index in [0.717, 1.165) is 11.1 Å². The first kappa shape index (κ1) is 23.8. The van der Waals surface area contributed by atoms with Crippen molar-refractivity contribution < 1.29 is 16.8 Å². The topological polar surface area (TPSA) is 92.3 Å². The summed E-state index contributed by atoms with van der Waals surface area (Å²) < 4.78 is 57.9. The minimum atomic E-state index is -3.94. The van der Waals surface area contributed by atoms with Crippen molar-refractivity contribution in [2.75, 3.05) is 9.44 Å². The fourth-order valence-corrected chi connectivity index (χ4v) is 7.30. The van der Waals surface area contributed by atoms with E-state index in [0.29, 0.717) is 22.3 Å². The lowest BCUT2D eigenvalue weighted by Crippen LogP contribution is -2.20. The lowest BCUT2D eigenvalue weighted by molar-refractivity contribution is 0.597. The Hall–Kier alpha value is -2.84. The molecule has 32 heavy (non-hydrogen) atoms. The molecule has 0 aliphatic rings. The number of para-hydroxylation sites is 2. The highest BCUT2D eigenvalue weighted by molar-refractivity contribution is 7.93. The van der Waals surface area contributed by atoms with Gasteiger partial charge in [-0.05, 0) is 75.9 Å². The van der Waals surface area contributed by atoms with Crippen molar-refractivity contribution in [3.63, 3.8) is 0 Å². The van der Waals surface area contributed by atoms with Crippen LogP contribution in [0.15, 0.2) is 58.3 Å². The summed E-state index contributed by atoms with van der Waals surface area (Å²) in [5, 5.41) is 0. The number of hydrogen-bond acceptors (Lipinski definition) is 4. The molecule has 3 aromatic rings. The van der Waals surface area contributed by atoms with E-state index >= 15 is 0 Å². The number of hydrogen-bond donors (Lipinski definition) is 2. The quantitative estimate of drug-likeness (QED) is 0.520. The zero-order valence-corrected chi connectivity index (χ0v) is 20.7. The molecule has 0 bridgehead atoms. The van der Waals surface area contributed by atoms with E-state index in [1.165, 1.54) is 12.1 Å². The molecule has 2 N–H and O–H groups in total. The number of rotatable bonds is 6. The zero-order valence-electron chi connectivity index (χ0n) is 19.1. The van der Waals surface area contributed by atoms with Crippen LogP contribution in [0.25, 0.3) is 0 Å². The van der Waals surface area contributed by atoms with E-state index in [1.807, 2.05) is 13.8 Å². The minimum absolute atomic E-state index is 0.151. The fourth-order valence-electron chi connectivity index (χ4n) is 4.23. The van der Waals surface area contributed by atoms with Crippen molar-refractivity contribution in [2.45, 2.75) is 51.3 Å². The van der Waals surface area contributed by atoms with Crippen LogP contribution in [0.3, 0.4) is 0 Å². The van der Waals surface area contributed by atoms with Gasteiger partial charge in [-0.15, -0.1) is 0 Å². The number of anilines is 2. The SMILES string of the molecule is Cc1cc(C)c(S(=O)(=O)Nc2ccccc2NS(=O)(=O)c2c(C)cc(C)cc2C)c(C)c1. The summed E-state index contributed by atoms with van der Waals surface area (Å²) in [5.74, 6) is 0. The molecule has 3 rings (SSSR count). The first-order valence-electron chi connectivity index (χ1n) is 10.1. The number of aryl methyl sites for hydroxylation is 6. The third-order valence-corrected chi connectivity index (χ3v) is 8.50. The highest BCUT2D eigenvalue weighted by atomic mass is 32.2. The Kier molecular flexibility index (Phi) is 6.40. The zero-order chi connectivity index (χ0) is 23.8. The third-order valence-electron chi connectivity index (χ3n) is 5.16. The Morgan fingerprint density at radius 1 is 0.531 bits per heavy atom. The van der Waals surface area contributed by atoms with E-state index in [1.54, 1.807) is 64.1 Å². The third kappa shape index (κ3) is 4.81. The molecule has 0 saturated carbocycles.